The van der Waals surface area contributed by atoms with Crippen LogP contribution >= 0.6 is 0 Å². The number of benzene rings is 1. The molecule has 6 heteroatoms. The van der Waals surface area contributed by atoms with Gasteiger partial charge in [-0.15, -0.1) is 6.58 Å². The number of carbonyl (C=O) groups excluding carboxylic acids is 2. The number of carbonyl (C=O) groups is 2. The molecule has 0 radical (unpaired) electrons. The van der Waals surface area contributed by atoms with Crippen LogP contribution in [0.5, 0.6) is 0 Å². The van der Waals surface area contributed by atoms with E-state index in [0.717, 1.165) is 18.7 Å². The highest BCUT2D eigenvalue weighted by molar-refractivity contribution is 5.85. The minimum Gasteiger partial charge on any atom is -0.383 e. The molecule has 0 fully saturated rings. The molecule has 1 aromatic carbocycles. The Balaban J connectivity index is 2.11. The molecule has 162 valence electrons. The quantitative estimate of drug-likeness (QED) is 0.475. The van der Waals surface area contributed by atoms with Gasteiger partial charge >= 0.3 is 0 Å². The van der Waals surface area contributed by atoms with E-state index in [1.807, 2.05) is 43.5 Å². The number of ether oxygens (including phenoxy) is 1. The van der Waals surface area contributed by atoms with Gasteiger partial charge in [-0.3, -0.25) is 9.59 Å². The number of methoxy groups -OCH3 is 1. The lowest BCUT2D eigenvalue weighted by atomic mass is 10.2. The summed E-state index contributed by atoms with van der Waals surface area (Å²) in [6.07, 6.45) is 4.86. The second-order valence-corrected chi connectivity index (χ2v) is 7.23. The van der Waals surface area contributed by atoms with Gasteiger partial charge in [0.05, 0.1) is 13.2 Å². The standard InChI is InChI=1S/C24H33N3O3/c1-4-10-23(28)26(14-5-2)20-24(29)27(16-17-30-3)19-22-13-9-15-25(22)18-21-11-7-6-8-12-21/h5-9,11-13,15H,2,4,10,14,16-20H2,1,3H3. The lowest BCUT2D eigenvalue weighted by Crippen LogP contribution is -2.44. The third-order valence-electron chi connectivity index (χ3n) is 4.88. The second-order valence-electron chi connectivity index (χ2n) is 7.23. The predicted molar refractivity (Wildman–Crippen MR) is 119 cm³/mol. The summed E-state index contributed by atoms with van der Waals surface area (Å²) in [6, 6.07) is 14.2. The molecule has 1 aromatic heterocycles. The number of nitrogens with zero attached hydrogens (tertiary/aromatic N) is 3. The Morgan fingerprint density at radius 3 is 2.53 bits per heavy atom. The molecular formula is C24H33N3O3. The Kier molecular flexibility index (Phi) is 9.87. The van der Waals surface area contributed by atoms with Crippen molar-refractivity contribution in [2.75, 3.05) is 33.4 Å². The first-order valence-corrected chi connectivity index (χ1v) is 10.4. The number of aromatic nitrogens is 1. The van der Waals surface area contributed by atoms with Crippen LogP contribution in [0.25, 0.3) is 0 Å². The Morgan fingerprint density at radius 2 is 1.87 bits per heavy atom. The zero-order valence-electron chi connectivity index (χ0n) is 18.1. The molecule has 1 heterocycles. The summed E-state index contributed by atoms with van der Waals surface area (Å²) in [5.74, 6) is -0.115. The zero-order valence-corrected chi connectivity index (χ0v) is 18.1. The topological polar surface area (TPSA) is 54.8 Å². The van der Waals surface area contributed by atoms with Crippen molar-refractivity contribution in [2.45, 2.75) is 32.9 Å². The van der Waals surface area contributed by atoms with Crippen LogP contribution in [0.2, 0.25) is 0 Å². The largest absolute Gasteiger partial charge is 0.383 e. The van der Waals surface area contributed by atoms with Gasteiger partial charge in [-0.2, -0.15) is 0 Å². The van der Waals surface area contributed by atoms with Gasteiger partial charge in [0.25, 0.3) is 0 Å². The highest BCUT2D eigenvalue weighted by Gasteiger charge is 2.21. The number of hydrogen-bond donors (Lipinski definition) is 0. The third kappa shape index (κ3) is 7.19. The summed E-state index contributed by atoms with van der Waals surface area (Å²) >= 11 is 0. The van der Waals surface area contributed by atoms with E-state index in [1.54, 1.807) is 23.0 Å². The number of rotatable bonds is 13. The van der Waals surface area contributed by atoms with Crippen LogP contribution in [0.4, 0.5) is 0 Å². The highest BCUT2D eigenvalue weighted by atomic mass is 16.5. The van der Waals surface area contributed by atoms with Crippen molar-refractivity contribution in [3.05, 3.63) is 72.6 Å². The SMILES string of the molecule is C=CCN(CC(=O)N(CCOC)Cc1cccn1Cc1ccccc1)C(=O)CCC. The van der Waals surface area contributed by atoms with Crippen LogP contribution in [-0.2, 0) is 27.4 Å². The summed E-state index contributed by atoms with van der Waals surface area (Å²) in [7, 11) is 1.62. The molecule has 0 N–H and O–H groups in total. The van der Waals surface area contributed by atoms with E-state index in [4.69, 9.17) is 4.74 Å². The molecule has 0 saturated carbocycles. The summed E-state index contributed by atoms with van der Waals surface area (Å²) in [5.41, 5.74) is 2.24. The molecule has 30 heavy (non-hydrogen) atoms. The van der Waals surface area contributed by atoms with Gasteiger partial charge in [-0.25, -0.2) is 0 Å². The van der Waals surface area contributed by atoms with Gasteiger partial charge in [0, 0.05) is 45.1 Å². The average molecular weight is 412 g/mol. The van der Waals surface area contributed by atoms with E-state index >= 15 is 0 Å². The fourth-order valence-electron chi connectivity index (χ4n) is 3.26. The molecule has 6 nitrogen and oxygen atoms in total. The maximum atomic E-state index is 13.1. The fourth-order valence-corrected chi connectivity index (χ4v) is 3.26. The van der Waals surface area contributed by atoms with Crippen LogP contribution in [0, 0.1) is 0 Å². The molecule has 0 saturated heterocycles. The van der Waals surface area contributed by atoms with Crippen molar-refractivity contribution in [3.63, 3.8) is 0 Å². The lowest BCUT2D eigenvalue weighted by molar-refractivity contribution is -0.140. The van der Waals surface area contributed by atoms with Crippen molar-refractivity contribution >= 4 is 11.8 Å². The van der Waals surface area contributed by atoms with Crippen LogP contribution < -0.4 is 0 Å². The van der Waals surface area contributed by atoms with Crippen LogP contribution in [0.15, 0.2) is 61.3 Å². The van der Waals surface area contributed by atoms with Gasteiger partial charge in [0.15, 0.2) is 0 Å². The monoisotopic (exact) mass is 411 g/mol. The van der Waals surface area contributed by atoms with E-state index in [1.165, 1.54) is 5.56 Å². The summed E-state index contributed by atoms with van der Waals surface area (Å²) in [4.78, 5) is 28.8. The van der Waals surface area contributed by atoms with Crippen LogP contribution in [0.3, 0.4) is 0 Å². The van der Waals surface area contributed by atoms with Crippen LogP contribution in [-0.4, -0.2) is 59.5 Å². The molecular weight excluding hydrogens is 378 g/mol. The molecule has 0 aliphatic rings. The van der Waals surface area contributed by atoms with Gasteiger partial charge in [-0.1, -0.05) is 43.3 Å². The Bertz CT molecular complexity index is 801. The normalized spacial score (nSPS) is 10.6. The second kappa shape index (κ2) is 12.6. The molecule has 0 atom stereocenters. The maximum absolute atomic E-state index is 13.1. The number of hydrogen-bond acceptors (Lipinski definition) is 3. The molecule has 0 spiro atoms. The molecule has 0 bridgehead atoms. The Morgan fingerprint density at radius 1 is 1.10 bits per heavy atom. The first-order chi connectivity index (χ1) is 14.6. The molecule has 2 aromatic rings. The van der Waals surface area contributed by atoms with E-state index in [-0.39, 0.29) is 18.4 Å². The van der Waals surface area contributed by atoms with E-state index in [2.05, 4.69) is 23.3 Å². The van der Waals surface area contributed by atoms with E-state index in [0.29, 0.717) is 32.7 Å². The molecule has 2 amide bonds. The summed E-state index contributed by atoms with van der Waals surface area (Å²) in [6.45, 7) is 8.20. The fraction of sp³-hybridized carbons (Fsp3) is 0.417. The third-order valence-corrected chi connectivity index (χ3v) is 4.88. The van der Waals surface area contributed by atoms with Crippen molar-refractivity contribution in [3.8, 4) is 0 Å². The lowest BCUT2D eigenvalue weighted by Gasteiger charge is -2.27. The molecule has 0 unspecified atom stereocenters. The van der Waals surface area contributed by atoms with Crippen molar-refractivity contribution in [1.82, 2.24) is 14.4 Å². The van der Waals surface area contributed by atoms with Crippen molar-refractivity contribution < 1.29 is 14.3 Å². The molecule has 0 aliphatic carbocycles. The van der Waals surface area contributed by atoms with Crippen molar-refractivity contribution in [2.24, 2.45) is 0 Å². The minimum atomic E-state index is -0.0918. The molecule has 0 aliphatic heterocycles. The summed E-state index contributed by atoms with van der Waals surface area (Å²) < 4.78 is 7.35. The highest BCUT2D eigenvalue weighted by Crippen LogP contribution is 2.12. The van der Waals surface area contributed by atoms with Gasteiger partial charge in [0.1, 0.15) is 6.54 Å². The summed E-state index contributed by atoms with van der Waals surface area (Å²) in [5, 5.41) is 0. The smallest absolute Gasteiger partial charge is 0.242 e. The molecule has 2 rings (SSSR count). The van der Waals surface area contributed by atoms with Gasteiger partial charge in [0.2, 0.25) is 11.8 Å². The van der Waals surface area contributed by atoms with Crippen molar-refractivity contribution in [1.29, 1.82) is 0 Å². The Labute approximate surface area is 179 Å². The van der Waals surface area contributed by atoms with E-state index < -0.39 is 0 Å². The number of amides is 2. The van der Waals surface area contributed by atoms with Crippen LogP contribution in [0.1, 0.15) is 31.0 Å². The first-order valence-electron chi connectivity index (χ1n) is 10.4. The minimum absolute atomic E-state index is 0.0232. The zero-order chi connectivity index (χ0) is 21.8. The van der Waals surface area contributed by atoms with Gasteiger partial charge in [-0.05, 0) is 24.1 Å². The van der Waals surface area contributed by atoms with E-state index in [9.17, 15) is 9.59 Å². The Hall–Kier alpha value is -2.86. The maximum Gasteiger partial charge on any atom is 0.242 e. The van der Waals surface area contributed by atoms with Gasteiger partial charge < -0.3 is 19.1 Å². The predicted octanol–water partition coefficient (Wildman–Crippen LogP) is 3.33. The first kappa shape index (κ1) is 23.4. The average Bonchev–Trinajstić information content (AvgIpc) is 3.18.